The molecule has 5 heterocycles. The second-order valence-electron chi connectivity index (χ2n) is 12.4. The maximum Gasteiger partial charge on any atom is 0.305 e. The number of aliphatic imine (C=N–C) groups is 3. The van der Waals surface area contributed by atoms with E-state index in [0.29, 0.717) is 24.3 Å². The fraction of sp³-hybridized carbons (Fsp3) is 0.444. The first kappa shape index (κ1) is 31.8. The summed E-state index contributed by atoms with van der Waals surface area (Å²) in [5.41, 5.74) is 12.7. The number of rotatable bonds is 9. The van der Waals surface area contributed by atoms with Gasteiger partial charge in [-0.05, 0) is 74.1 Å². The predicted molar refractivity (Wildman–Crippen MR) is 177 cm³/mol. The van der Waals surface area contributed by atoms with E-state index in [2.05, 4.69) is 26.1 Å². The highest BCUT2D eigenvalue weighted by molar-refractivity contribution is 6.21. The molecule has 1 fully saturated rings. The Bertz CT molecular complexity index is 1760. The molecule has 0 spiro atoms. The zero-order valence-corrected chi connectivity index (χ0v) is 27.3. The number of fused-ring (bicyclic) bond motifs is 5. The van der Waals surface area contributed by atoms with Gasteiger partial charge in [-0.3, -0.25) is 4.79 Å². The SMILES string of the molecule is CCC1=C(C)C2=NC1=CC1=C(C)C3=C(O)CC(=C4NC(=CC5=NC(=C2)C(C(CO)OCCO)=C5C)[C@@H](C)[C@@H]4CCC(=O)OC)C3=N1. The monoisotopic (exact) mass is 626 g/mol. The topological polar surface area (TPSA) is 145 Å². The molecule has 0 amide bonds. The zero-order valence-electron chi connectivity index (χ0n) is 27.3. The highest BCUT2D eigenvalue weighted by Crippen LogP contribution is 2.46. The average Bonchev–Trinajstić information content (AvgIpc) is 3.79. The van der Waals surface area contributed by atoms with Gasteiger partial charge in [0, 0.05) is 52.8 Å². The van der Waals surface area contributed by atoms with Crippen LogP contribution in [0.5, 0.6) is 0 Å². The van der Waals surface area contributed by atoms with Crippen molar-refractivity contribution in [2.45, 2.75) is 66.4 Å². The summed E-state index contributed by atoms with van der Waals surface area (Å²) in [4.78, 5) is 27.5. The summed E-state index contributed by atoms with van der Waals surface area (Å²) in [7, 11) is 1.40. The van der Waals surface area contributed by atoms with Crippen LogP contribution in [-0.4, -0.2) is 71.5 Å². The van der Waals surface area contributed by atoms with Gasteiger partial charge in [-0.2, -0.15) is 0 Å². The van der Waals surface area contributed by atoms with Gasteiger partial charge in [-0.1, -0.05) is 13.8 Å². The Balaban J connectivity index is 1.59. The lowest BCUT2D eigenvalue weighted by Crippen LogP contribution is -2.23. The highest BCUT2D eigenvalue weighted by atomic mass is 16.5. The van der Waals surface area contributed by atoms with Crippen LogP contribution in [0.1, 0.15) is 60.3 Å². The minimum Gasteiger partial charge on any atom is -0.511 e. The van der Waals surface area contributed by atoms with Gasteiger partial charge < -0.3 is 30.1 Å². The Morgan fingerprint density at radius 1 is 1.04 bits per heavy atom. The van der Waals surface area contributed by atoms with Crippen molar-refractivity contribution in [3.05, 3.63) is 91.5 Å². The Morgan fingerprint density at radius 2 is 1.78 bits per heavy atom. The van der Waals surface area contributed by atoms with Gasteiger partial charge in [0.25, 0.3) is 0 Å². The Hall–Kier alpha value is -4.12. The molecule has 1 saturated heterocycles. The Labute approximate surface area is 269 Å². The quantitative estimate of drug-likeness (QED) is 0.264. The minimum atomic E-state index is -0.684. The lowest BCUT2D eigenvalue weighted by molar-refractivity contribution is -0.140. The minimum absolute atomic E-state index is 0.00406. The van der Waals surface area contributed by atoms with Crippen molar-refractivity contribution in [1.82, 2.24) is 5.32 Å². The zero-order chi connectivity index (χ0) is 32.9. The number of hydrogen-bond donors (Lipinski definition) is 4. The Morgan fingerprint density at radius 3 is 2.48 bits per heavy atom. The number of esters is 1. The molecule has 8 bridgehead atoms. The number of allylic oxidation sites excluding steroid dienone is 11. The molecule has 0 aromatic heterocycles. The van der Waals surface area contributed by atoms with E-state index in [0.717, 1.165) is 85.4 Å². The number of aliphatic hydroxyl groups excluding tert-OH is 3. The van der Waals surface area contributed by atoms with Crippen molar-refractivity contribution in [3.63, 3.8) is 0 Å². The largest absolute Gasteiger partial charge is 0.511 e. The molecule has 0 aromatic rings. The van der Waals surface area contributed by atoms with Crippen molar-refractivity contribution in [1.29, 1.82) is 0 Å². The second kappa shape index (κ2) is 12.6. The standard InChI is InChI=1S/C36H42N4O6/c1-7-21-17(2)24-15-29-33(31(16-42)46-11-10-41)19(4)26(38-29)13-25-18(3)22(8-9-32(44)45-6)35(39-25)23-12-30(43)34-20(5)27(40-36(23)34)14-28(21)37-24/h13-15,18,22,31,39,41-43H,7-12,16H2,1-6H3/t18-,22-,31?/m0/s1. The van der Waals surface area contributed by atoms with Crippen LogP contribution in [-0.2, 0) is 14.3 Å². The van der Waals surface area contributed by atoms with Gasteiger partial charge in [0.1, 0.15) is 11.9 Å². The van der Waals surface area contributed by atoms with Crippen LogP contribution in [0, 0.1) is 11.8 Å². The molecule has 0 aromatic carbocycles. The van der Waals surface area contributed by atoms with Gasteiger partial charge in [0.05, 0.1) is 61.2 Å². The lowest BCUT2D eigenvalue weighted by Gasteiger charge is -2.18. The van der Waals surface area contributed by atoms with E-state index < -0.39 is 6.10 Å². The smallest absolute Gasteiger partial charge is 0.305 e. The number of carbonyl (C=O) groups is 1. The van der Waals surface area contributed by atoms with E-state index in [-0.39, 0.29) is 44.0 Å². The molecule has 10 heteroatoms. The van der Waals surface area contributed by atoms with Crippen LogP contribution in [0.3, 0.4) is 0 Å². The second-order valence-corrected chi connectivity index (χ2v) is 12.4. The van der Waals surface area contributed by atoms with Crippen molar-refractivity contribution in [2.75, 3.05) is 26.9 Å². The highest BCUT2D eigenvalue weighted by Gasteiger charge is 2.41. The fourth-order valence-electron chi connectivity index (χ4n) is 7.33. The molecular weight excluding hydrogens is 584 g/mol. The summed E-state index contributed by atoms with van der Waals surface area (Å²) in [6, 6.07) is 0. The number of carbonyl (C=O) groups excluding carboxylic acids is 1. The van der Waals surface area contributed by atoms with E-state index in [9.17, 15) is 20.1 Å². The third-order valence-electron chi connectivity index (χ3n) is 9.89. The van der Waals surface area contributed by atoms with E-state index in [1.54, 1.807) is 0 Å². The number of nitrogens with one attached hydrogen (secondary N) is 1. The summed E-state index contributed by atoms with van der Waals surface area (Å²) < 4.78 is 10.9. The van der Waals surface area contributed by atoms with Gasteiger partial charge in [-0.15, -0.1) is 0 Å². The van der Waals surface area contributed by atoms with Crippen LogP contribution >= 0.6 is 0 Å². The van der Waals surface area contributed by atoms with Crippen molar-refractivity contribution < 1.29 is 29.6 Å². The third kappa shape index (κ3) is 5.28. The molecule has 5 aliphatic heterocycles. The molecule has 4 N–H and O–H groups in total. The average molecular weight is 627 g/mol. The maximum absolute atomic E-state index is 12.3. The lowest BCUT2D eigenvalue weighted by atomic mass is 9.86. The number of methoxy groups -OCH3 is 1. The fourth-order valence-corrected chi connectivity index (χ4v) is 7.33. The third-order valence-corrected chi connectivity index (χ3v) is 9.89. The first-order valence-electron chi connectivity index (χ1n) is 16.0. The molecule has 6 rings (SSSR count). The molecule has 242 valence electrons. The molecular formula is C36H42N4O6. The van der Waals surface area contributed by atoms with E-state index in [4.69, 9.17) is 24.5 Å². The molecule has 46 heavy (non-hydrogen) atoms. The van der Waals surface area contributed by atoms with Gasteiger partial charge in [0.15, 0.2) is 0 Å². The molecule has 1 unspecified atom stereocenters. The Kier molecular flexibility index (Phi) is 8.71. The van der Waals surface area contributed by atoms with Crippen LogP contribution in [0.15, 0.2) is 106 Å². The van der Waals surface area contributed by atoms with Gasteiger partial charge >= 0.3 is 5.97 Å². The molecule has 6 aliphatic rings. The maximum atomic E-state index is 12.3. The number of ether oxygens (including phenoxy) is 2. The number of nitrogens with zero attached hydrogens (tertiary/aromatic N) is 3. The molecule has 0 saturated carbocycles. The summed E-state index contributed by atoms with van der Waals surface area (Å²) >= 11 is 0. The number of hydrogen-bond acceptors (Lipinski definition) is 10. The van der Waals surface area contributed by atoms with E-state index >= 15 is 0 Å². The summed E-state index contributed by atoms with van der Waals surface area (Å²) in [6.07, 6.45) is 7.23. The van der Waals surface area contributed by atoms with Gasteiger partial charge in [-0.25, -0.2) is 15.0 Å². The van der Waals surface area contributed by atoms with Crippen LogP contribution in [0.2, 0.25) is 0 Å². The molecule has 10 nitrogen and oxygen atoms in total. The van der Waals surface area contributed by atoms with Crippen LogP contribution in [0.25, 0.3) is 0 Å². The number of aliphatic hydroxyl groups is 3. The van der Waals surface area contributed by atoms with Crippen molar-refractivity contribution in [2.24, 2.45) is 26.8 Å². The van der Waals surface area contributed by atoms with Crippen molar-refractivity contribution >= 4 is 23.1 Å². The molecule has 0 radical (unpaired) electrons. The summed E-state index contributed by atoms with van der Waals surface area (Å²) in [5, 5.41) is 34.8. The normalized spacial score (nSPS) is 24.3. The first-order chi connectivity index (χ1) is 22.1. The van der Waals surface area contributed by atoms with E-state index in [1.165, 1.54) is 7.11 Å². The van der Waals surface area contributed by atoms with Crippen LogP contribution in [0.4, 0.5) is 0 Å². The molecule has 3 atom stereocenters. The molecule has 1 aliphatic carbocycles. The van der Waals surface area contributed by atoms with Crippen LogP contribution < -0.4 is 5.32 Å². The predicted octanol–water partition coefficient (Wildman–Crippen LogP) is 4.98. The van der Waals surface area contributed by atoms with E-state index in [1.807, 2.05) is 32.1 Å². The summed E-state index contributed by atoms with van der Waals surface area (Å²) in [5.74, 6) is -0.0336. The van der Waals surface area contributed by atoms with Gasteiger partial charge in [0.2, 0.25) is 0 Å². The first-order valence-corrected chi connectivity index (χ1v) is 16.0. The van der Waals surface area contributed by atoms with Crippen molar-refractivity contribution in [3.8, 4) is 0 Å². The summed E-state index contributed by atoms with van der Waals surface area (Å²) in [6.45, 7) is 9.88.